The molecule has 86 valence electrons. The van der Waals surface area contributed by atoms with E-state index >= 15 is 0 Å². The van der Waals surface area contributed by atoms with Gasteiger partial charge in [0.2, 0.25) is 0 Å². The quantitative estimate of drug-likeness (QED) is 0.730. The Morgan fingerprint density at radius 3 is 2.47 bits per heavy atom. The third-order valence-corrected chi connectivity index (χ3v) is 3.52. The maximum Gasteiger partial charge on any atom is 0.407 e. The summed E-state index contributed by atoms with van der Waals surface area (Å²) in [6, 6.07) is 0.237. The molecule has 4 nitrogen and oxygen atoms in total. The summed E-state index contributed by atoms with van der Waals surface area (Å²) in [5.41, 5.74) is 0. The minimum absolute atomic E-state index is 0.0191. The molecule has 1 unspecified atom stereocenters. The Morgan fingerprint density at radius 2 is 2.00 bits per heavy atom. The van der Waals surface area contributed by atoms with Crippen LogP contribution in [0.1, 0.15) is 39.0 Å². The Morgan fingerprint density at radius 1 is 1.40 bits per heavy atom. The molecule has 1 saturated heterocycles. The van der Waals surface area contributed by atoms with E-state index in [-0.39, 0.29) is 18.2 Å². The average Bonchev–Trinajstić information content (AvgIpc) is 3.02. The van der Waals surface area contributed by atoms with Crippen molar-refractivity contribution in [3.63, 3.8) is 0 Å². The molecule has 0 bridgehead atoms. The summed E-state index contributed by atoms with van der Waals surface area (Å²) >= 11 is 0. The zero-order valence-electron chi connectivity index (χ0n) is 9.19. The van der Waals surface area contributed by atoms with E-state index in [1.807, 2.05) is 6.92 Å². The molecule has 0 aromatic heterocycles. The van der Waals surface area contributed by atoms with Crippen LogP contribution in [0.15, 0.2) is 0 Å². The Kier molecular flexibility index (Phi) is 3.14. The highest BCUT2D eigenvalue weighted by Crippen LogP contribution is 2.28. The molecule has 2 atom stereocenters. The van der Waals surface area contributed by atoms with Gasteiger partial charge >= 0.3 is 6.09 Å². The number of nitrogens with zero attached hydrogens (tertiary/aromatic N) is 1. The predicted octanol–water partition coefficient (Wildman–Crippen LogP) is 2.09. The third kappa shape index (κ3) is 2.43. The monoisotopic (exact) mass is 213 g/mol. The molecule has 1 heterocycles. The average molecular weight is 213 g/mol. The highest BCUT2D eigenvalue weighted by molar-refractivity contribution is 5.66. The second kappa shape index (κ2) is 4.39. The molecule has 0 radical (unpaired) electrons. The molecule has 0 aromatic rings. The second-order valence-corrected chi connectivity index (χ2v) is 4.59. The van der Waals surface area contributed by atoms with E-state index in [2.05, 4.69) is 0 Å². The summed E-state index contributed by atoms with van der Waals surface area (Å²) in [7, 11) is 0. The zero-order chi connectivity index (χ0) is 10.8. The van der Waals surface area contributed by atoms with E-state index in [1.165, 1.54) is 6.42 Å². The molecule has 1 aliphatic carbocycles. The molecule has 4 heteroatoms. The van der Waals surface area contributed by atoms with Crippen LogP contribution in [-0.4, -0.2) is 40.9 Å². The van der Waals surface area contributed by atoms with Gasteiger partial charge in [0, 0.05) is 6.04 Å². The Bertz CT molecular complexity index is 234. The molecule has 2 rings (SSSR count). The fraction of sp³-hybridized carbons (Fsp3) is 0.909. The van der Waals surface area contributed by atoms with Crippen LogP contribution in [0.25, 0.3) is 0 Å². The standard InChI is InChI=1S/C11H19NO3/c1-8(10-7-15-10)12(11(13)14)9-5-3-2-4-6-9/h8-10H,2-7H2,1H3,(H,13,14)/t8?,10-/m1/s1. The molecule has 2 aliphatic rings. The summed E-state index contributed by atoms with van der Waals surface area (Å²) in [5, 5.41) is 9.24. The predicted molar refractivity (Wildman–Crippen MR) is 55.9 cm³/mol. The third-order valence-electron chi connectivity index (χ3n) is 3.52. The van der Waals surface area contributed by atoms with Crippen molar-refractivity contribution in [3.8, 4) is 0 Å². The first-order valence-electron chi connectivity index (χ1n) is 5.83. The lowest BCUT2D eigenvalue weighted by molar-refractivity contribution is 0.0788. The molecule has 0 aromatic carbocycles. The Labute approximate surface area is 90.2 Å². The van der Waals surface area contributed by atoms with Crippen molar-refractivity contribution in [3.05, 3.63) is 0 Å². The number of hydrogen-bond donors (Lipinski definition) is 1. The van der Waals surface area contributed by atoms with Gasteiger partial charge in [-0.1, -0.05) is 19.3 Å². The molecule has 1 aliphatic heterocycles. The lowest BCUT2D eigenvalue weighted by atomic mass is 9.93. The topological polar surface area (TPSA) is 53.1 Å². The van der Waals surface area contributed by atoms with Crippen molar-refractivity contribution in [2.45, 2.75) is 57.2 Å². The second-order valence-electron chi connectivity index (χ2n) is 4.59. The van der Waals surface area contributed by atoms with Gasteiger partial charge in [0.25, 0.3) is 0 Å². The van der Waals surface area contributed by atoms with Crippen LogP contribution in [0.5, 0.6) is 0 Å². The highest BCUT2D eigenvalue weighted by Gasteiger charge is 2.39. The van der Waals surface area contributed by atoms with Crippen LogP contribution in [0, 0.1) is 0 Å². The fourth-order valence-electron chi connectivity index (χ4n) is 2.54. The first-order chi connectivity index (χ1) is 7.20. The summed E-state index contributed by atoms with van der Waals surface area (Å²) in [5.74, 6) is 0. The fourth-order valence-corrected chi connectivity index (χ4v) is 2.54. The van der Waals surface area contributed by atoms with Crippen molar-refractivity contribution in [1.29, 1.82) is 0 Å². The van der Waals surface area contributed by atoms with Crippen LogP contribution >= 0.6 is 0 Å². The number of ether oxygens (including phenoxy) is 1. The maximum absolute atomic E-state index is 11.2. The van der Waals surface area contributed by atoms with Gasteiger partial charge in [0.15, 0.2) is 0 Å². The molecule has 1 amide bonds. The van der Waals surface area contributed by atoms with Gasteiger partial charge in [-0.05, 0) is 19.8 Å². The van der Waals surface area contributed by atoms with E-state index in [4.69, 9.17) is 4.74 Å². The SMILES string of the molecule is CC([C@H]1CO1)N(C(=O)O)C1CCCCC1. The van der Waals surface area contributed by atoms with Crippen LogP contribution in [0.3, 0.4) is 0 Å². The minimum Gasteiger partial charge on any atom is -0.465 e. The number of rotatable bonds is 3. The summed E-state index contributed by atoms with van der Waals surface area (Å²) < 4.78 is 5.19. The summed E-state index contributed by atoms with van der Waals surface area (Å²) in [6.45, 7) is 2.68. The first-order valence-corrected chi connectivity index (χ1v) is 5.83. The first kappa shape index (κ1) is 10.7. The summed E-state index contributed by atoms with van der Waals surface area (Å²) in [6.07, 6.45) is 4.96. The summed E-state index contributed by atoms with van der Waals surface area (Å²) in [4.78, 5) is 12.9. The molecule has 0 spiro atoms. The Hall–Kier alpha value is -0.770. The number of hydrogen-bond acceptors (Lipinski definition) is 2. The van der Waals surface area contributed by atoms with E-state index in [1.54, 1.807) is 4.90 Å². The van der Waals surface area contributed by atoms with E-state index in [9.17, 15) is 9.90 Å². The molecular weight excluding hydrogens is 194 g/mol. The number of epoxide rings is 1. The van der Waals surface area contributed by atoms with E-state index in [0.717, 1.165) is 32.3 Å². The zero-order valence-corrected chi connectivity index (χ0v) is 9.19. The van der Waals surface area contributed by atoms with E-state index in [0.29, 0.717) is 0 Å². The van der Waals surface area contributed by atoms with Crippen molar-refractivity contribution < 1.29 is 14.6 Å². The smallest absolute Gasteiger partial charge is 0.407 e. The lowest BCUT2D eigenvalue weighted by Gasteiger charge is -2.35. The molecule has 15 heavy (non-hydrogen) atoms. The van der Waals surface area contributed by atoms with Crippen molar-refractivity contribution in [2.75, 3.05) is 6.61 Å². The van der Waals surface area contributed by atoms with E-state index < -0.39 is 6.09 Å². The molecular formula is C11H19NO3. The van der Waals surface area contributed by atoms with Crippen molar-refractivity contribution in [1.82, 2.24) is 4.90 Å². The van der Waals surface area contributed by atoms with Crippen LogP contribution in [0.4, 0.5) is 4.79 Å². The highest BCUT2D eigenvalue weighted by atomic mass is 16.6. The number of amides is 1. The van der Waals surface area contributed by atoms with Crippen LogP contribution in [-0.2, 0) is 4.74 Å². The normalized spacial score (nSPS) is 28.5. The molecule has 2 fully saturated rings. The molecule has 1 saturated carbocycles. The minimum atomic E-state index is -0.787. The Balaban J connectivity index is 2.00. The number of carbonyl (C=O) groups is 1. The van der Waals surface area contributed by atoms with Crippen LogP contribution < -0.4 is 0 Å². The largest absolute Gasteiger partial charge is 0.465 e. The maximum atomic E-state index is 11.2. The van der Waals surface area contributed by atoms with Crippen molar-refractivity contribution >= 4 is 6.09 Å². The molecule has 1 N–H and O–H groups in total. The van der Waals surface area contributed by atoms with Gasteiger partial charge in [-0.3, -0.25) is 4.90 Å². The van der Waals surface area contributed by atoms with Crippen molar-refractivity contribution in [2.24, 2.45) is 0 Å². The van der Waals surface area contributed by atoms with Crippen LogP contribution in [0.2, 0.25) is 0 Å². The lowest BCUT2D eigenvalue weighted by Crippen LogP contribution is -2.48. The van der Waals surface area contributed by atoms with Gasteiger partial charge in [-0.25, -0.2) is 4.79 Å². The van der Waals surface area contributed by atoms with Gasteiger partial charge in [0.05, 0.1) is 12.6 Å². The van der Waals surface area contributed by atoms with Gasteiger partial charge < -0.3 is 9.84 Å². The van der Waals surface area contributed by atoms with Gasteiger partial charge in [-0.15, -0.1) is 0 Å². The number of carboxylic acid groups (broad SMARTS) is 1. The van der Waals surface area contributed by atoms with Gasteiger partial charge in [-0.2, -0.15) is 0 Å². The van der Waals surface area contributed by atoms with Gasteiger partial charge in [0.1, 0.15) is 6.10 Å².